The summed E-state index contributed by atoms with van der Waals surface area (Å²) in [6.45, 7) is 1.72. The van der Waals surface area contributed by atoms with E-state index < -0.39 is 98.9 Å². The van der Waals surface area contributed by atoms with E-state index in [4.69, 9.17) is 46.8 Å². The maximum Gasteiger partial charge on any atom is 0.433 e. The lowest BCUT2D eigenvalue weighted by Crippen LogP contribution is -2.10. The average Bonchev–Trinajstić information content (AvgIpc) is 0.758. The summed E-state index contributed by atoms with van der Waals surface area (Å²) >= 11 is 2.03. The Morgan fingerprint density at radius 3 is 1.38 bits per heavy atom. The van der Waals surface area contributed by atoms with Gasteiger partial charge in [0.2, 0.25) is 0 Å². The molecule has 13 N–H and O–H groups in total. The molecule has 0 fully saturated rings. The van der Waals surface area contributed by atoms with Crippen molar-refractivity contribution in [2.45, 2.75) is 66.9 Å². The molecular formula is C50H50N12O25S9. The number of nitrogen functional groups attached to an aromatic ring is 4. The first-order chi connectivity index (χ1) is 45.1. The molecule has 514 valence electrons. The van der Waals surface area contributed by atoms with Crippen molar-refractivity contribution < 1.29 is 111 Å². The third kappa shape index (κ3) is 23.3. The highest BCUT2D eigenvalue weighted by atomic mass is 32.3. The monoisotopic (exact) mass is 1510 g/mol. The molecular weight excluding hydrogens is 1460 g/mol. The molecule has 0 saturated heterocycles. The maximum absolute atomic E-state index is 13.6. The first kappa shape index (κ1) is 76.8. The van der Waals surface area contributed by atoms with Crippen LogP contribution >= 0.6 is 35.6 Å². The summed E-state index contributed by atoms with van der Waals surface area (Å²) in [6.07, 6.45) is 4.57. The Morgan fingerprint density at radius 1 is 0.490 bits per heavy atom. The maximum atomic E-state index is 13.6. The van der Waals surface area contributed by atoms with E-state index in [2.05, 4.69) is 79.2 Å². The van der Waals surface area contributed by atoms with Crippen LogP contribution in [0.3, 0.4) is 0 Å². The Hall–Kier alpha value is -8.21. The van der Waals surface area contributed by atoms with Gasteiger partial charge in [-0.25, -0.2) is 22.1 Å². The normalized spacial score (nSPS) is 12.5. The number of rotatable bonds is 32. The number of methoxy groups -OCH3 is 1. The number of anilines is 4. The number of thioether (sulfide) groups is 2. The summed E-state index contributed by atoms with van der Waals surface area (Å²) in [7, 11) is -26.6. The molecule has 6 aromatic rings. The van der Waals surface area contributed by atoms with Crippen molar-refractivity contribution in [1.29, 1.82) is 0 Å². The summed E-state index contributed by atoms with van der Waals surface area (Å²) in [5.74, 6) is -0.759. The van der Waals surface area contributed by atoms with Gasteiger partial charge in [-0.1, -0.05) is 5.04 Å². The zero-order valence-corrected chi connectivity index (χ0v) is 56.1. The van der Waals surface area contributed by atoms with Crippen LogP contribution in [-0.4, -0.2) is 106 Å². The molecule has 37 nitrogen and oxygen atoms in total. The molecule has 6 aromatic carbocycles. The number of hydrogen-bond acceptors (Lipinski definition) is 36. The SMILES string of the molecule is COc1cc(S(=O)(=O)CCCCOCCCCS(=O)(=O)c2ccc(N=Nc3cc(S(=O)(=O)O)c(N)c(N=Nc4ccc(SC#COOS(=O)(=O)O)cc4)c3N)c(SOOO)c2)c(C)cc1N=Nc1cc(S(=O)(=O)O)c(N)c(N=Nc2ccc(SC#COOS(=O)(=O)O)cc2)c1N. The van der Waals surface area contributed by atoms with Crippen molar-refractivity contribution >= 4 is 165 Å². The summed E-state index contributed by atoms with van der Waals surface area (Å²) in [6, 6.07) is 19.4. The zero-order valence-electron chi connectivity index (χ0n) is 48.8. The van der Waals surface area contributed by atoms with E-state index in [1.807, 2.05) is 12.2 Å². The van der Waals surface area contributed by atoms with Gasteiger partial charge in [-0.2, -0.15) is 43.9 Å². The van der Waals surface area contributed by atoms with Crippen LogP contribution in [0.1, 0.15) is 31.2 Å². The van der Waals surface area contributed by atoms with E-state index in [1.165, 1.54) is 86.8 Å². The largest absolute Gasteiger partial charge is 0.494 e. The van der Waals surface area contributed by atoms with Gasteiger partial charge in [0.25, 0.3) is 20.2 Å². The molecule has 0 spiro atoms. The molecule has 0 unspecified atom stereocenters. The van der Waals surface area contributed by atoms with Gasteiger partial charge < -0.3 is 32.4 Å². The lowest BCUT2D eigenvalue weighted by atomic mass is 10.2. The smallest absolute Gasteiger partial charge is 0.433 e. The molecule has 6 rings (SSSR count). The molecule has 96 heavy (non-hydrogen) atoms. The number of nitrogens with zero attached hydrogens (tertiary/aromatic N) is 8. The lowest BCUT2D eigenvalue weighted by Gasteiger charge is -2.13. The summed E-state index contributed by atoms with van der Waals surface area (Å²) in [4.78, 5) is 6.89. The third-order valence-electron chi connectivity index (χ3n) is 11.8. The Balaban J connectivity index is 1.03. The fourth-order valence-electron chi connectivity index (χ4n) is 7.48. The summed E-state index contributed by atoms with van der Waals surface area (Å²) < 4.78 is 206. The second-order valence-corrected chi connectivity index (χ2v) is 29.9. The van der Waals surface area contributed by atoms with Gasteiger partial charge >= 0.3 is 20.8 Å². The minimum atomic E-state index is -5.06. The van der Waals surface area contributed by atoms with Crippen LogP contribution in [0.15, 0.2) is 166 Å². The van der Waals surface area contributed by atoms with Crippen molar-refractivity contribution in [2.24, 2.45) is 40.9 Å². The lowest BCUT2D eigenvalue weighted by molar-refractivity contribution is -0.432. The van der Waals surface area contributed by atoms with Gasteiger partial charge in [0.1, 0.15) is 49.7 Å². The number of azo groups is 4. The van der Waals surface area contributed by atoms with Crippen LogP contribution in [0.25, 0.3) is 0 Å². The summed E-state index contributed by atoms with van der Waals surface area (Å²) in [5, 5.41) is 49.4. The minimum absolute atomic E-state index is 0.0200. The van der Waals surface area contributed by atoms with Crippen LogP contribution in [0.4, 0.5) is 68.2 Å². The van der Waals surface area contributed by atoms with Crippen molar-refractivity contribution in [3.8, 4) is 28.5 Å². The molecule has 0 bridgehead atoms. The van der Waals surface area contributed by atoms with Crippen molar-refractivity contribution in [3.63, 3.8) is 0 Å². The van der Waals surface area contributed by atoms with Crippen LogP contribution in [0, 0.1) is 29.6 Å². The topological polar surface area (TPSA) is 583 Å². The number of unbranched alkanes of at least 4 members (excludes halogenated alkanes) is 2. The molecule has 0 heterocycles. The Morgan fingerprint density at radius 2 is 0.938 bits per heavy atom. The number of nitrogens with two attached hydrogens (primary N) is 4. The van der Waals surface area contributed by atoms with E-state index in [1.54, 1.807) is 0 Å². The molecule has 0 saturated carbocycles. The van der Waals surface area contributed by atoms with E-state index in [0.717, 1.165) is 41.7 Å². The van der Waals surface area contributed by atoms with Crippen LogP contribution in [-0.2, 0) is 93.3 Å². The first-order valence-corrected chi connectivity index (χ1v) is 37.1. The number of hydrogen-bond donors (Lipinski definition) is 9. The third-order valence-corrected chi connectivity index (χ3v) is 19.9. The Bertz CT molecular complexity index is 4840. The number of benzene rings is 6. The quantitative estimate of drug-likeness (QED) is 0.00218. The predicted molar refractivity (Wildman–Crippen MR) is 343 cm³/mol. The number of aryl methyl sites for hydroxylation is 1. The highest BCUT2D eigenvalue weighted by Crippen LogP contribution is 2.46. The second kappa shape index (κ2) is 34.1. The van der Waals surface area contributed by atoms with Gasteiger partial charge in [0.15, 0.2) is 31.9 Å². The first-order valence-electron chi connectivity index (χ1n) is 25.9. The standard InChI is InChI=1S/C50H50N12O25S9/c1-30-25-37(58-60-39-28-44(94(71,72)73)48(54)50(46(39)52)62-56-32-9-13-34(14-10-32)89-22-20-83-87-96(77,78)79)40(80-2)29-42(30)92(66,67)24-6-4-18-81-17-3-5-23-91(64,65)35-15-16-36(41(26-35)90-85-84-63)57-59-38-27-43(93(68,69)70)47(53)49(45(38)51)61-55-31-7-11-33(12-8-31)88-21-19-82-86-95(74,75)76/h7-16,25-29,63H,3-6,17-18,23-24,51-54H2,1-2H3,(H,68,69,70)(H,71,72,73)(H,74,75,76)(H,77,78,79). The van der Waals surface area contributed by atoms with Gasteiger partial charge in [0.05, 0.1) is 79.5 Å². The molecule has 0 amide bonds. The van der Waals surface area contributed by atoms with E-state index in [0.29, 0.717) is 21.8 Å². The minimum Gasteiger partial charge on any atom is -0.494 e. The summed E-state index contributed by atoms with van der Waals surface area (Å²) in [5.41, 5.74) is 21.5. The van der Waals surface area contributed by atoms with E-state index >= 15 is 0 Å². The number of ether oxygens (including phenoxy) is 2. The highest BCUT2D eigenvalue weighted by molar-refractivity contribution is 8.04. The molecule has 0 aliphatic heterocycles. The van der Waals surface area contributed by atoms with Crippen molar-refractivity contribution in [1.82, 2.24) is 0 Å². The van der Waals surface area contributed by atoms with Crippen molar-refractivity contribution in [2.75, 3.05) is 54.8 Å². The molecule has 0 radical (unpaired) electrons. The molecule has 0 aromatic heterocycles. The van der Waals surface area contributed by atoms with Crippen molar-refractivity contribution in [3.05, 3.63) is 96.6 Å². The Kier molecular flexibility index (Phi) is 27.3. The second-order valence-electron chi connectivity index (χ2n) is 18.5. The number of sulfone groups is 2. The molecule has 0 aliphatic carbocycles. The Labute approximate surface area is 559 Å². The molecule has 46 heteroatoms. The van der Waals surface area contributed by atoms with Crippen LogP contribution < -0.4 is 27.7 Å². The molecule has 0 aliphatic rings. The van der Waals surface area contributed by atoms with E-state index in [-0.39, 0.29) is 116 Å². The van der Waals surface area contributed by atoms with Gasteiger partial charge in [-0.15, -0.1) is 35.0 Å². The highest BCUT2D eigenvalue weighted by Gasteiger charge is 2.26. The van der Waals surface area contributed by atoms with Crippen LogP contribution in [0.2, 0.25) is 0 Å². The molecule has 0 atom stereocenters. The fraction of sp³-hybridized carbons (Fsp3) is 0.200. The van der Waals surface area contributed by atoms with Crippen LogP contribution in [0.5, 0.6) is 5.75 Å². The average molecular weight is 1510 g/mol. The predicted octanol–water partition coefficient (Wildman–Crippen LogP) is 10.3. The van der Waals surface area contributed by atoms with Gasteiger partial charge in [-0.05, 0) is 155 Å². The van der Waals surface area contributed by atoms with E-state index in [9.17, 15) is 59.6 Å². The van der Waals surface area contributed by atoms with Gasteiger partial charge in [0, 0.05) is 39.6 Å². The fourth-order valence-corrected chi connectivity index (χ4v) is 13.5. The zero-order chi connectivity index (χ0) is 70.7. The van der Waals surface area contributed by atoms with Gasteiger partial charge in [-0.3, -0.25) is 28.0 Å².